The molecule has 144 valence electrons. The van der Waals surface area contributed by atoms with E-state index in [9.17, 15) is 4.79 Å². The molecule has 2 fully saturated rings. The Labute approximate surface area is 156 Å². The van der Waals surface area contributed by atoms with Crippen LogP contribution in [0.2, 0.25) is 0 Å². The van der Waals surface area contributed by atoms with Crippen LogP contribution < -0.4 is 0 Å². The lowest BCUT2D eigenvalue weighted by atomic mass is 9.83. The average Bonchev–Trinajstić information content (AvgIpc) is 3.28. The maximum absolute atomic E-state index is 13.3. The van der Waals surface area contributed by atoms with Gasteiger partial charge in [0, 0.05) is 37.5 Å². The standard InChI is InChI=1S/C20H32N4O2/c1-26-13-12-24(20(25)19-16-7-4-8-17(16)21-22-19)14-15-6-5-11-23-10-3-2-9-18(15)23/h15,18H,2-14H2,1H3,(H,21,22). The molecule has 1 N–H and O–H groups in total. The highest BCUT2D eigenvalue weighted by Crippen LogP contribution is 2.32. The van der Waals surface area contributed by atoms with Crippen LogP contribution in [-0.2, 0) is 17.6 Å². The highest BCUT2D eigenvalue weighted by molar-refractivity contribution is 5.94. The third-order valence-electron chi connectivity index (χ3n) is 6.54. The van der Waals surface area contributed by atoms with Gasteiger partial charge in [0.25, 0.3) is 5.91 Å². The molecule has 1 aromatic rings. The first-order valence-electron chi connectivity index (χ1n) is 10.4. The number of nitrogens with one attached hydrogen (secondary N) is 1. The number of nitrogens with zero attached hydrogens (tertiary/aromatic N) is 3. The van der Waals surface area contributed by atoms with E-state index in [0.29, 0.717) is 30.8 Å². The van der Waals surface area contributed by atoms with Crippen molar-refractivity contribution in [2.75, 3.05) is 39.9 Å². The van der Waals surface area contributed by atoms with Gasteiger partial charge in [-0.1, -0.05) is 6.42 Å². The van der Waals surface area contributed by atoms with Gasteiger partial charge in [-0.2, -0.15) is 5.10 Å². The average molecular weight is 361 g/mol. The zero-order chi connectivity index (χ0) is 17.9. The number of carbonyl (C=O) groups is 1. The molecular formula is C20H32N4O2. The van der Waals surface area contributed by atoms with Gasteiger partial charge in [0.05, 0.1) is 6.61 Å². The van der Waals surface area contributed by atoms with Crippen LogP contribution in [0, 0.1) is 5.92 Å². The van der Waals surface area contributed by atoms with Gasteiger partial charge in [0.15, 0.2) is 5.69 Å². The molecule has 3 heterocycles. The van der Waals surface area contributed by atoms with Crippen LogP contribution in [0.4, 0.5) is 0 Å². The molecule has 1 aliphatic carbocycles. The number of aromatic nitrogens is 2. The van der Waals surface area contributed by atoms with Crippen LogP contribution in [-0.4, -0.2) is 71.8 Å². The third-order valence-corrected chi connectivity index (χ3v) is 6.54. The summed E-state index contributed by atoms with van der Waals surface area (Å²) in [6, 6.07) is 0.653. The molecule has 4 rings (SSSR count). The fourth-order valence-electron chi connectivity index (χ4n) is 5.20. The molecule has 2 saturated heterocycles. The van der Waals surface area contributed by atoms with Crippen LogP contribution >= 0.6 is 0 Å². The lowest BCUT2D eigenvalue weighted by molar-refractivity contribution is 0.0312. The highest BCUT2D eigenvalue weighted by Gasteiger charge is 2.35. The largest absolute Gasteiger partial charge is 0.383 e. The van der Waals surface area contributed by atoms with E-state index in [1.807, 2.05) is 4.90 Å². The first kappa shape index (κ1) is 18.0. The summed E-state index contributed by atoms with van der Waals surface area (Å²) < 4.78 is 5.30. The Kier molecular flexibility index (Phi) is 5.60. The molecule has 0 bridgehead atoms. The number of fused-ring (bicyclic) bond motifs is 2. The van der Waals surface area contributed by atoms with E-state index in [2.05, 4.69) is 15.1 Å². The van der Waals surface area contributed by atoms with Crippen molar-refractivity contribution < 1.29 is 9.53 Å². The number of hydrogen-bond donors (Lipinski definition) is 1. The van der Waals surface area contributed by atoms with Gasteiger partial charge in [0.2, 0.25) is 0 Å². The highest BCUT2D eigenvalue weighted by atomic mass is 16.5. The minimum absolute atomic E-state index is 0.0920. The van der Waals surface area contributed by atoms with Crippen molar-refractivity contribution in [2.45, 2.75) is 57.4 Å². The normalized spacial score (nSPS) is 25.7. The summed E-state index contributed by atoms with van der Waals surface area (Å²) in [5.41, 5.74) is 2.97. The number of methoxy groups -OCH3 is 1. The molecule has 0 aromatic carbocycles. The van der Waals surface area contributed by atoms with Crippen LogP contribution in [0.1, 0.15) is 60.3 Å². The van der Waals surface area contributed by atoms with E-state index in [1.54, 1.807) is 7.11 Å². The first-order chi connectivity index (χ1) is 12.8. The lowest BCUT2D eigenvalue weighted by Crippen LogP contribution is -2.52. The smallest absolute Gasteiger partial charge is 0.274 e. The molecule has 26 heavy (non-hydrogen) atoms. The Hall–Kier alpha value is -1.40. The van der Waals surface area contributed by atoms with E-state index < -0.39 is 0 Å². The molecule has 0 spiro atoms. The SMILES string of the molecule is COCCN(CC1CCCN2CCCCC12)C(=O)c1n[nH]c2c1CCC2. The van der Waals surface area contributed by atoms with Crippen LogP contribution in [0.5, 0.6) is 0 Å². The molecule has 0 radical (unpaired) electrons. The van der Waals surface area contributed by atoms with Gasteiger partial charge in [0.1, 0.15) is 0 Å². The van der Waals surface area contributed by atoms with E-state index in [4.69, 9.17) is 4.74 Å². The molecule has 1 aromatic heterocycles. The van der Waals surface area contributed by atoms with Crippen molar-refractivity contribution in [2.24, 2.45) is 5.92 Å². The molecule has 0 saturated carbocycles. The molecule has 2 atom stereocenters. The Morgan fingerprint density at radius 1 is 1.23 bits per heavy atom. The van der Waals surface area contributed by atoms with Crippen LogP contribution in [0.15, 0.2) is 0 Å². The van der Waals surface area contributed by atoms with Crippen molar-refractivity contribution in [3.63, 3.8) is 0 Å². The second-order valence-corrected chi connectivity index (χ2v) is 8.13. The maximum atomic E-state index is 13.3. The van der Waals surface area contributed by atoms with Gasteiger partial charge in [-0.15, -0.1) is 0 Å². The molecular weight excluding hydrogens is 328 g/mol. The number of rotatable bonds is 6. The minimum atomic E-state index is 0.0920. The number of piperidine rings is 2. The molecule has 3 aliphatic rings. The van der Waals surface area contributed by atoms with Crippen molar-refractivity contribution in [3.8, 4) is 0 Å². The predicted molar refractivity (Wildman–Crippen MR) is 100 cm³/mol. The molecule has 6 heteroatoms. The van der Waals surface area contributed by atoms with Gasteiger partial charge in [-0.3, -0.25) is 9.89 Å². The second kappa shape index (κ2) is 8.09. The third kappa shape index (κ3) is 3.54. The summed E-state index contributed by atoms with van der Waals surface area (Å²) in [4.78, 5) is 18.0. The Bertz CT molecular complexity index is 627. The summed E-state index contributed by atoms with van der Waals surface area (Å²) in [5.74, 6) is 0.672. The topological polar surface area (TPSA) is 61.5 Å². The number of aryl methyl sites for hydroxylation is 1. The second-order valence-electron chi connectivity index (χ2n) is 8.13. The first-order valence-corrected chi connectivity index (χ1v) is 10.4. The monoisotopic (exact) mass is 360 g/mol. The number of carbonyl (C=O) groups excluding carboxylic acids is 1. The molecule has 6 nitrogen and oxygen atoms in total. The summed E-state index contributed by atoms with van der Waals surface area (Å²) in [7, 11) is 1.71. The van der Waals surface area contributed by atoms with Gasteiger partial charge in [-0.25, -0.2) is 0 Å². The van der Waals surface area contributed by atoms with Gasteiger partial charge in [-0.05, 0) is 64.0 Å². The van der Waals surface area contributed by atoms with E-state index in [1.165, 1.54) is 45.2 Å². The number of ether oxygens (including phenoxy) is 1. The summed E-state index contributed by atoms with van der Waals surface area (Å²) >= 11 is 0. The van der Waals surface area contributed by atoms with Crippen molar-refractivity contribution in [3.05, 3.63) is 17.0 Å². The summed E-state index contributed by atoms with van der Waals surface area (Å²) in [6.07, 6.45) is 9.56. The predicted octanol–water partition coefficient (Wildman–Crippen LogP) is 2.25. The summed E-state index contributed by atoms with van der Waals surface area (Å²) in [6.45, 7) is 4.55. The van der Waals surface area contributed by atoms with E-state index in [0.717, 1.165) is 37.1 Å². The van der Waals surface area contributed by atoms with Crippen LogP contribution in [0.25, 0.3) is 0 Å². The molecule has 1 amide bonds. The number of amides is 1. The summed E-state index contributed by atoms with van der Waals surface area (Å²) in [5, 5.41) is 7.46. The molecule has 2 unspecified atom stereocenters. The number of aromatic amines is 1. The van der Waals surface area contributed by atoms with E-state index >= 15 is 0 Å². The van der Waals surface area contributed by atoms with Crippen molar-refractivity contribution in [1.82, 2.24) is 20.0 Å². The Morgan fingerprint density at radius 2 is 2.12 bits per heavy atom. The van der Waals surface area contributed by atoms with Gasteiger partial charge < -0.3 is 14.5 Å². The maximum Gasteiger partial charge on any atom is 0.274 e. The zero-order valence-electron chi connectivity index (χ0n) is 16.0. The molecule has 2 aliphatic heterocycles. The zero-order valence-corrected chi connectivity index (χ0v) is 16.0. The Balaban J connectivity index is 1.49. The Morgan fingerprint density at radius 3 is 3.00 bits per heavy atom. The quantitative estimate of drug-likeness (QED) is 0.845. The van der Waals surface area contributed by atoms with Crippen molar-refractivity contribution in [1.29, 1.82) is 0 Å². The number of H-pyrrole nitrogens is 1. The number of hydrogen-bond acceptors (Lipinski definition) is 4. The van der Waals surface area contributed by atoms with Crippen molar-refractivity contribution >= 4 is 5.91 Å². The minimum Gasteiger partial charge on any atom is -0.383 e. The lowest BCUT2D eigenvalue weighted by Gasteiger charge is -2.45. The van der Waals surface area contributed by atoms with E-state index in [-0.39, 0.29) is 5.91 Å². The van der Waals surface area contributed by atoms with Crippen LogP contribution in [0.3, 0.4) is 0 Å². The van der Waals surface area contributed by atoms with Gasteiger partial charge >= 0.3 is 0 Å². The fraction of sp³-hybridized carbons (Fsp3) is 0.800. The fourth-order valence-corrected chi connectivity index (χ4v) is 5.20.